The van der Waals surface area contributed by atoms with Gasteiger partial charge in [-0.15, -0.1) is 0 Å². The van der Waals surface area contributed by atoms with E-state index in [1.165, 1.54) is 13.8 Å². The molecule has 41 heavy (non-hydrogen) atoms. The van der Waals surface area contributed by atoms with Crippen molar-refractivity contribution in [3.63, 3.8) is 0 Å². The second-order valence-electron chi connectivity index (χ2n) is 12.7. The molecule has 222 valence electrons. The topological polar surface area (TPSA) is 146 Å². The number of aliphatic hydroxyl groups excluding tert-OH is 1. The molecule has 0 aromatic heterocycles. The van der Waals surface area contributed by atoms with Crippen LogP contribution in [-0.2, 0) is 33.3 Å². The SMILES string of the molecule is CC(=O)O[C@@H]1C2=C(C)C(=O)C[C@@](O)([C@@H](OC(=O)c3ccccc3)[C@H]3[C@@](C)(CC[C@H]4OC[C@]43OC(C)=O)[C@H]1O)C2(C)C. The molecule has 2 saturated carbocycles. The number of esters is 3. The molecular weight excluding hydrogens is 532 g/mol. The molecule has 4 aliphatic rings. The number of hydrogen-bond donors (Lipinski definition) is 2. The molecule has 5 rings (SSSR count). The van der Waals surface area contributed by atoms with Crippen LogP contribution in [-0.4, -0.2) is 76.1 Å². The van der Waals surface area contributed by atoms with Crippen LogP contribution in [0.15, 0.2) is 41.5 Å². The smallest absolute Gasteiger partial charge is 0.338 e. The highest BCUT2D eigenvalue weighted by Gasteiger charge is 2.76. The van der Waals surface area contributed by atoms with Crippen LogP contribution in [0.1, 0.15) is 71.2 Å². The first-order valence-electron chi connectivity index (χ1n) is 14.0. The maximum atomic E-state index is 13.7. The standard InChI is InChI=1S/C31H38O10/c1-16-20(34)14-31(37)26(40-27(36)19-10-8-7-9-11-19)24-29(6,13-12-21-30(24,15-38-21)41-18(3)33)25(35)23(39-17(2)32)22(16)28(31,4)5/h7-11,21,23-26,35,37H,12-15H2,1-6H3/t21-,23-,24+,25+,26+,29-,30+,31-/m1/s1. The summed E-state index contributed by atoms with van der Waals surface area (Å²) in [7, 11) is 0. The van der Waals surface area contributed by atoms with Gasteiger partial charge in [-0.3, -0.25) is 14.4 Å². The Hall–Kier alpha value is -3.08. The molecule has 3 aliphatic carbocycles. The average molecular weight is 571 g/mol. The molecule has 10 nitrogen and oxygen atoms in total. The Morgan fingerprint density at radius 2 is 1.68 bits per heavy atom. The zero-order chi connectivity index (χ0) is 30.1. The molecule has 10 heteroatoms. The van der Waals surface area contributed by atoms with Gasteiger partial charge in [0.15, 0.2) is 17.5 Å². The third-order valence-electron chi connectivity index (χ3n) is 10.1. The Morgan fingerprint density at radius 1 is 1.02 bits per heavy atom. The second-order valence-corrected chi connectivity index (χ2v) is 12.7. The van der Waals surface area contributed by atoms with Gasteiger partial charge in [-0.1, -0.05) is 39.0 Å². The number of carbonyl (C=O) groups excluding carboxylic acids is 4. The van der Waals surface area contributed by atoms with Crippen molar-refractivity contribution >= 4 is 23.7 Å². The molecule has 1 heterocycles. The Balaban J connectivity index is 1.81. The molecule has 0 spiro atoms. The van der Waals surface area contributed by atoms with Gasteiger partial charge in [0.1, 0.15) is 23.9 Å². The van der Waals surface area contributed by atoms with Crippen molar-refractivity contribution in [2.45, 2.75) is 96.4 Å². The van der Waals surface area contributed by atoms with Crippen molar-refractivity contribution in [3.8, 4) is 0 Å². The Morgan fingerprint density at radius 3 is 2.24 bits per heavy atom. The van der Waals surface area contributed by atoms with E-state index in [0.29, 0.717) is 12.8 Å². The average Bonchev–Trinajstić information content (AvgIpc) is 2.88. The van der Waals surface area contributed by atoms with E-state index in [1.807, 2.05) is 0 Å². The van der Waals surface area contributed by atoms with Gasteiger partial charge in [-0.05, 0) is 43.0 Å². The predicted molar refractivity (Wildman–Crippen MR) is 143 cm³/mol. The van der Waals surface area contributed by atoms with Crippen LogP contribution in [0.2, 0.25) is 0 Å². The van der Waals surface area contributed by atoms with Gasteiger partial charge in [0.2, 0.25) is 0 Å². The van der Waals surface area contributed by atoms with Crippen molar-refractivity contribution < 1.29 is 48.3 Å². The second kappa shape index (κ2) is 9.74. The fraction of sp³-hybridized carbons (Fsp3) is 0.613. The van der Waals surface area contributed by atoms with Gasteiger partial charge >= 0.3 is 17.9 Å². The Bertz CT molecular complexity index is 1320. The van der Waals surface area contributed by atoms with E-state index in [2.05, 4.69) is 0 Å². The Labute approximate surface area is 239 Å². The maximum Gasteiger partial charge on any atom is 0.338 e. The lowest BCUT2D eigenvalue weighted by molar-refractivity contribution is -0.346. The molecule has 2 bridgehead atoms. The lowest BCUT2D eigenvalue weighted by atomic mass is 9.45. The molecule has 3 fully saturated rings. The van der Waals surface area contributed by atoms with Gasteiger partial charge < -0.3 is 29.2 Å². The first kappa shape index (κ1) is 29.4. The monoisotopic (exact) mass is 570 g/mol. The summed E-state index contributed by atoms with van der Waals surface area (Å²) < 4.78 is 23.9. The van der Waals surface area contributed by atoms with Crippen molar-refractivity contribution in [1.29, 1.82) is 0 Å². The molecule has 1 aromatic rings. The summed E-state index contributed by atoms with van der Waals surface area (Å²) in [6.45, 7) is 9.13. The molecule has 1 aliphatic heterocycles. The summed E-state index contributed by atoms with van der Waals surface area (Å²) in [5.74, 6) is -3.49. The number of Topliss-reactive ketones (excluding diaryl/α,β-unsaturated/α-hetero) is 1. The third-order valence-corrected chi connectivity index (χ3v) is 10.1. The third kappa shape index (κ3) is 4.17. The fourth-order valence-corrected chi connectivity index (χ4v) is 7.98. The number of benzene rings is 1. The van der Waals surface area contributed by atoms with E-state index in [1.54, 1.807) is 58.0 Å². The summed E-state index contributed by atoms with van der Waals surface area (Å²) >= 11 is 0. The summed E-state index contributed by atoms with van der Waals surface area (Å²) in [5.41, 5.74) is -5.23. The first-order chi connectivity index (χ1) is 19.1. The molecule has 0 radical (unpaired) electrons. The number of aliphatic hydroxyl groups is 2. The van der Waals surface area contributed by atoms with Crippen molar-refractivity contribution in [3.05, 3.63) is 47.0 Å². The van der Waals surface area contributed by atoms with E-state index >= 15 is 0 Å². The zero-order valence-electron chi connectivity index (χ0n) is 24.3. The van der Waals surface area contributed by atoms with E-state index in [4.69, 9.17) is 18.9 Å². The van der Waals surface area contributed by atoms with E-state index in [0.717, 1.165) is 0 Å². The lowest BCUT2D eigenvalue weighted by Crippen LogP contribution is -2.80. The molecule has 2 N–H and O–H groups in total. The van der Waals surface area contributed by atoms with E-state index in [9.17, 15) is 29.4 Å². The number of hydrogen-bond acceptors (Lipinski definition) is 10. The minimum absolute atomic E-state index is 0.0615. The summed E-state index contributed by atoms with van der Waals surface area (Å²) in [6, 6.07) is 8.25. The molecule has 0 amide bonds. The fourth-order valence-electron chi connectivity index (χ4n) is 7.98. The summed E-state index contributed by atoms with van der Waals surface area (Å²) in [4.78, 5) is 52.2. The summed E-state index contributed by atoms with van der Waals surface area (Å²) in [5, 5.41) is 25.0. The quantitative estimate of drug-likeness (QED) is 0.409. The van der Waals surface area contributed by atoms with Gasteiger partial charge in [-0.25, -0.2) is 4.79 Å². The number of allylic oxidation sites excluding steroid dienone is 1. The molecular formula is C31H38O10. The van der Waals surface area contributed by atoms with Crippen LogP contribution < -0.4 is 0 Å². The molecule has 1 aromatic carbocycles. The number of ether oxygens (including phenoxy) is 4. The van der Waals surface area contributed by atoms with Crippen LogP contribution in [0.4, 0.5) is 0 Å². The number of carbonyl (C=O) groups is 4. The van der Waals surface area contributed by atoms with E-state index in [-0.39, 0.29) is 23.3 Å². The van der Waals surface area contributed by atoms with Gasteiger partial charge in [0, 0.05) is 31.1 Å². The first-order valence-corrected chi connectivity index (χ1v) is 14.0. The normalized spacial score (nSPS) is 39.2. The minimum atomic E-state index is -2.04. The van der Waals surface area contributed by atoms with Gasteiger partial charge in [-0.2, -0.15) is 0 Å². The van der Waals surface area contributed by atoms with Crippen LogP contribution in [0.3, 0.4) is 0 Å². The van der Waals surface area contributed by atoms with Crippen molar-refractivity contribution in [2.75, 3.05) is 6.61 Å². The Kier molecular flexibility index (Phi) is 6.99. The van der Waals surface area contributed by atoms with Gasteiger partial charge in [0.05, 0.1) is 18.1 Å². The highest BCUT2D eigenvalue weighted by atomic mass is 16.6. The number of fused-ring (bicyclic) bond motifs is 5. The number of rotatable bonds is 4. The van der Waals surface area contributed by atoms with Crippen molar-refractivity contribution in [2.24, 2.45) is 16.7 Å². The predicted octanol–water partition coefficient (Wildman–Crippen LogP) is 2.68. The summed E-state index contributed by atoms with van der Waals surface area (Å²) in [6.07, 6.45) is -4.43. The molecule has 8 atom stereocenters. The van der Waals surface area contributed by atoms with Crippen LogP contribution in [0, 0.1) is 16.7 Å². The zero-order valence-corrected chi connectivity index (χ0v) is 24.3. The van der Waals surface area contributed by atoms with Gasteiger partial charge in [0.25, 0.3) is 0 Å². The van der Waals surface area contributed by atoms with Crippen LogP contribution in [0.25, 0.3) is 0 Å². The largest absolute Gasteiger partial charge is 0.455 e. The lowest BCUT2D eigenvalue weighted by Gasteiger charge is -2.67. The molecule has 1 saturated heterocycles. The highest BCUT2D eigenvalue weighted by molar-refractivity contribution is 5.98. The van der Waals surface area contributed by atoms with E-state index < -0.39 is 82.5 Å². The minimum Gasteiger partial charge on any atom is -0.455 e. The highest BCUT2D eigenvalue weighted by Crippen LogP contribution is 2.64. The maximum absolute atomic E-state index is 13.7. The van der Waals surface area contributed by atoms with Crippen LogP contribution in [0.5, 0.6) is 0 Å². The van der Waals surface area contributed by atoms with Crippen molar-refractivity contribution in [1.82, 2.24) is 0 Å². The number of ketones is 1. The molecule has 0 unspecified atom stereocenters. The van der Waals surface area contributed by atoms with Crippen LogP contribution >= 0.6 is 0 Å².